The SMILES string of the molecule is CCc1ccc(N(C)CCCCNC(C)(C)C)cc1. The molecule has 0 radical (unpaired) electrons. The lowest BCUT2D eigenvalue weighted by atomic mass is 10.1. The van der Waals surface area contributed by atoms with Crippen molar-refractivity contribution in [2.24, 2.45) is 0 Å². The molecule has 2 nitrogen and oxygen atoms in total. The second-order valence-electron chi connectivity index (χ2n) is 6.33. The molecule has 0 bridgehead atoms. The van der Waals surface area contributed by atoms with Crippen LogP contribution in [0.2, 0.25) is 0 Å². The monoisotopic (exact) mass is 262 g/mol. The van der Waals surface area contributed by atoms with Crippen LogP contribution >= 0.6 is 0 Å². The van der Waals surface area contributed by atoms with Gasteiger partial charge in [-0.1, -0.05) is 19.1 Å². The van der Waals surface area contributed by atoms with Crippen molar-refractivity contribution in [1.82, 2.24) is 5.32 Å². The predicted octanol–water partition coefficient (Wildman–Crippen LogP) is 3.85. The summed E-state index contributed by atoms with van der Waals surface area (Å²) in [7, 11) is 2.18. The lowest BCUT2D eigenvalue weighted by molar-refractivity contribution is 0.419. The molecule has 1 aromatic rings. The molecule has 0 aromatic heterocycles. The van der Waals surface area contributed by atoms with Gasteiger partial charge in [0.1, 0.15) is 0 Å². The summed E-state index contributed by atoms with van der Waals surface area (Å²) in [6.45, 7) is 11.1. The predicted molar refractivity (Wildman–Crippen MR) is 86.1 cm³/mol. The number of aryl methyl sites for hydroxylation is 1. The van der Waals surface area contributed by atoms with Crippen LogP contribution < -0.4 is 10.2 Å². The number of anilines is 1. The molecule has 0 unspecified atom stereocenters. The maximum absolute atomic E-state index is 3.53. The van der Waals surface area contributed by atoms with Crippen molar-refractivity contribution in [3.05, 3.63) is 29.8 Å². The van der Waals surface area contributed by atoms with E-state index in [1.807, 2.05) is 0 Å². The number of hydrogen-bond acceptors (Lipinski definition) is 2. The molecule has 1 aromatic carbocycles. The molecular formula is C17H30N2. The molecule has 0 saturated heterocycles. The van der Waals surface area contributed by atoms with E-state index in [1.54, 1.807) is 0 Å². The zero-order chi connectivity index (χ0) is 14.3. The molecule has 0 heterocycles. The first-order valence-electron chi connectivity index (χ1n) is 7.47. The molecule has 0 aliphatic carbocycles. The van der Waals surface area contributed by atoms with Gasteiger partial charge in [0, 0.05) is 24.8 Å². The summed E-state index contributed by atoms with van der Waals surface area (Å²) in [5.41, 5.74) is 2.97. The van der Waals surface area contributed by atoms with Gasteiger partial charge in [-0.3, -0.25) is 0 Å². The van der Waals surface area contributed by atoms with E-state index in [-0.39, 0.29) is 5.54 Å². The van der Waals surface area contributed by atoms with E-state index in [1.165, 1.54) is 24.1 Å². The third kappa shape index (κ3) is 6.63. The van der Waals surface area contributed by atoms with Crippen molar-refractivity contribution in [3.8, 4) is 0 Å². The Labute approximate surface area is 119 Å². The van der Waals surface area contributed by atoms with Crippen LogP contribution in [0, 0.1) is 0 Å². The maximum atomic E-state index is 3.53. The maximum Gasteiger partial charge on any atom is 0.0363 e. The highest BCUT2D eigenvalue weighted by molar-refractivity contribution is 5.46. The fourth-order valence-electron chi connectivity index (χ4n) is 2.05. The third-order valence-electron chi connectivity index (χ3n) is 3.36. The van der Waals surface area contributed by atoms with Gasteiger partial charge in [-0.15, -0.1) is 0 Å². The van der Waals surface area contributed by atoms with Crippen molar-refractivity contribution in [2.45, 2.75) is 52.5 Å². The Hall–Kier alpha value is -1.02. The van der Waals surface area contributed by atoms with Crippen LogP contribution in [0.25, 0.3) is 0 Å². The minimum Gasteiger partial charge on any atom is -0.375 e. The van der Waals surface area contributed by atoms with Gasteiger partial charge in [0.15, 0.2) is 0 Å². The van der Waals surface area contributed by atoms with Crippen LogP contribution in [-0.4, -0.2) is 25.7 Å². The van der Waals surface area contributed by atoms with Crippen LogP contribution in [-0.2, 0) is 6.42 Å². The Morgan fingerprint density at radius 1 is 1.05 bits per heavy atom. The summed E-state index contributed by atoms with van der Waals surface area (Å²) >= 11 is 0. The summed E-state index contributed by atoms with van der Waals surface area (Å²) in [6.07, 6.45) is 3.58. The fraction of sp³-hybridized carbons (Fsp3) is 0.647. The van der Waals surface area contributed by atoms with Gasteiger partial charge in [-0.25, -0.2) is 0 Å². The second-order valence-corrected chi connectivity index (χ2v) is 6.33. The van der Waals surface area contributed by atoms with E-state index >= 15 is 0 Å². The summed E-state index contributed by atoms with van der Waals surface area (Å²) in [5.74, 6) is 0. The van der Waals surface area contributed by atoms with Crippen LogP contribution in [0.4, 0.5) is 5.69 Å². The average Bonchev–Trinajstić information content (AvgIpc) is 2.37. The van der Waals surface area contributed by atoms with Crippen LogP contribution in [0.3, 0.4) is 0 Å². The standard InChI is InChI=1S/C17H30N2/c1-6-15-9-11-16(12-10-15)19(5)14-8-7-13-18-17(2,3)4/h9-12,18H,6-8,13-14H2,1-5H3. The fourth-order valence-corrected chi connectivity index (χ4v) is 2.05. The molecule has 1 N–H and O–H groups in total. The molecule has 0 spiro atoms. The molecule has 0 atom stereocenters. The first-order valence-corrected chi connectivity index (χ1v) is 7.47. The van der Waals surface area contributed by atoms with E-state index in [0.717, 1.165) is 19.5 Å². The Kier molecular flexibility index (Phi) is 6.36. The van der Waals surface area contributed by atoms with Crippen LogP contribution in [0.15, 0.2) is 24.3 Å². The van der Waals surface area contributed by atoms with Crippen molar-refractivity contribution in [2.75, 3.05) is 25.0 Å². The topological polar surface area (TPSA) is 15.3 Å². The summed E-state index contributed by atoms with van der Waals surface area (Å²) < 4.78 is 0. The molecule has 19 heavy (non-hydrogen) atoms. The zero-order valence-electron chi connectivity index (χ0n) is 13.3. The smallest absolute Gasteiger partial charge is 0.0363 e. The third-order valence-corrected chi connectivity index (χ3v) is 3.36. The van der Waals surface area contributed by atoms with E-state index in [9.17, 15) is 0 Å². The minimum absolute atomic E-state index is 0.238. The first-order chi connectivity index (χ1) is 8.92. The highest BCUT2D eigenvalue weighted by Gasteiger charge is 2.07. The molecular weight excluding hydrogens is 232 g/mol. The minimum atomic E-state index is 0.238. The normalized spacial score (nSPS) is 11.6. The van der Waals surface area contributed by atoms with Crippen molar-refractivity contribution < 1.29 is 0 Å². The number of nitrogens with one attached hydrogen (secondary N) is 1. The van der Waals surface area contributed by atoms with E-state index in [0.29, 0.717) is 0 Å². The van der Waals surface area contributed by atoms with Crippen molar-refractivity contribution >= 4 is 5.69 Å². The zero-order valence-corrected chi connectivity index (χ0v) is 13.3. The first kappa shape index (κ1) is 16.0. The van der Waals surface area contributed by atoms with Gasteiger partial charge in [0.05, 0.1) is 0 Å². The lowest BCUT2D eigenvalue weighted by Crippen LogP contribution is -2.36. The van der Waals surface area contributed by atoms with Gasteiger partial charge >= 0.3 is 0 Å². The summed E-state index contributed by atoms with van der Waals surface area (Å²) in [4.78, 5) is 2.34. The highest BCUT2D eigenvalue weighted by Crippen LogP contribution is 2.14. The Balaban J connectivity index is 2.25. The quantitative estimate of drug-likeness (QED) is 0.751. The van der Waals surface area contributed by atoms with Crippen LogP contribution in [0.1, 0.15) is 46.1 Å². The number of benzene rings is 1. The summed E-state index contributed by atoms with van der Waals surface area (Å²) in [6, 6.07) is 8.92. The number of rotatable bonds is 7. The van der Waals surface area contributed by atoms with Crippen molar-refractivity contribution in [3.63, 3.8) is 0 Å². The van der Waals surface area contributed by atoms with E-state index in [2.05, 4.69) is 69.2 Å². The van der Waals surface area contributed by atoms with Gasteiger partial charge in [-0.05, 0) is 64.3 Å². The molecule has 0 saturated carbocycles. The largest absolute Gasteiger partial charge is 0.375 e. The molecule has 0 aliphatic rings. The van der Waals surface area contributed by atoms with E-state index < -0.39 is 0 Å². The van der Waals surface area contributed by atoms with Gasteiger partial charge < -0.3 is 10.2 Å². The molecule has 0 fully saturated rings. The summed E-state index contributed by atoms with van der Waals surface area (Å²) in [5, 5.41) is 3.53. The van der Waals surface area contributed by atoms with Crippen LogP contribution in [0.5, 0.6) is 0 Å². The number of unbranched alkanes of at least 4 members (excludes halogenated alkanes) is 1. The average molecular weight is 262 g/mol. The second kappa shape index (κ2) is 7.54. The molecule has 108 valence electrons. The number of hydrogen-bond donors (Lipinski definition) is 1. The lowest BCUT2D eigenvalue weighted by Gasteiger charge is -2.22. The molecule has 1 rings (SSSR count). The Morgan fingerprint density at radius 2 is 1.68 bits per heavy atom. The molecule has 2 heteroatoms. The van der Waals surface area contributed by atoms with E-state index in [4.69, 9.17) is 0 Å². The Bertz CT molecular complexity index is 349. The van der Waals surface area contributed by atoms with Gasteiger partial charge in [-0.2, -0.15) is 0 Å². The van der Waals surface area contributed by atoms with Gasteiger partial charge in [0.25, 0.3) is 0 Å². The molecule has 0 amide bonds. The molecule has 0 aliphatic heterocycles. The highest BCUT2D eigenvalue weighted by atomic mass is 15.1. The number of nitrogens with zero attached hydrogens (tertiary/aromatic N) is 1. The van der Waals surface area contributed by atoms with Gasteiger partial charge in [0.2, 0.25) is 0 Å². The van der Waals surface area contributed by atoms with Crippen molar-refractivity contribution in [1.29, 1.82) is 0 Å². The Morgan fingerprint density at radius 3 is 2.21 bits per heavy atom.